The Balaban J connectivity index is 1.93. The summed E-state index contributed by atoms with van der Waals surface area (Å²) in [5.74, 6) is -0.143. The van der Waals surface area contributed by atoms with Gasteiger partial charge in [0.1, 0.15) is 5.01 Å². The molecule has 0 saturated carbocycles. The Labute approximate surface area is 162 Å². The summed E-state index contributed by atoms with van der Waals surface area (Å²) in [6, 6.07) is 15.2. The Morgan fingerprint density at radius 3 is 2.69 bits per heavy atom. The molecule has 0 atom stereocenters. The molecule has 1 heterocycles. The number of benzene rings is 2. The van der Waals surface area contributed by atoms with Crippen LogP contribution in [0.15, 0.2) is 48.5 Å². The molecule has 0 aliphatic heterocycles. The first-order valence-corrected chi connectivity index (χ1v) is 9.76. The highest BCUT2D eigenvalue weighted by Crippen LogP contribution is 2.31. The van der Waals surface area contributed by atoms with Crippen molar-refractivity contribution >= 4 is 34.0 Å². The molecule has 1 aromatic heterocycles. The normalized spacial score (nSPS) is 10.7. The highest BCUT2D eigenvalue weighted by atomic mass is 35.5. The van der Waals surface area contributed by atoms with Crippen molar-refractivity contribution in [3.05, 3.63) is 64.7 Å². The zero-order valence-electron chi connectivity index (χ0n) is 14.8. The maximum Gasteiger partial charge on any atom is 0.261 e. The third-order valence-electron chi connectivity index (χ3n) is 3.99. The van der Waals surface area contributed by atoms with Crippen LogP contribution in [-0.2, 0) is 0 Å². The van der Waals surface area contributed by atoms with Gasteiger partial charge in [0, 0.05) is 12.1 Å². The van der Waals surface area contributed by atoms with Crippen molar-refractivity contribution in [2.24, 2.45) is 0 Å². The molecule has 6 heteroatoms. The molecule has 0 aliphatic rings. The second-order valence-electron chi connectivity index (χ2n) is 6.05. The number of hydrogen-bond acceptors (Lipinski definition) is 4. The van der Waals surface area contributed by atoms with Crippen molar-refractivity contribution < 1.29 is 4.79 Å². The number of unbranched alkanes of at least 4 members (excludes halogenated alkanes) is 1. The van der Waals surface area contributed by atoms with Crippen LogP contribution in [0.3, 0.4) is 0 Å². The minimum absolute atomic E-state index is 0.143. The van der Waals surface area contributed by atoms with Crippen molar-refractivity contribution in [3.63, 3.8) is 0 Å². The molecule has 0 aliphatic carbocycles. The molecule has 0 spiro atoms. The SMILES string of the molecule is CCCCN(C(=O)c1ccccc1Cl)c1nnc(-c2cccc(C)c2)s1. The number of nitrogens with zero attached hydrogens (tertiary/aromatic N) is 3. The second-order valence-corrected chi connectivity index (χ2v) is 7.41. The standard InChI is InChI=1S/C20H20ClN3OS/c1-3-4-12-24(19(25)16-10-5-6-11-17(16)21)20-23-22-18(26-20)15-9-7-8-14(2)13-15/h5-11,13H,3-4,12H2,1-2H3. The average molecular weight is 386 g/mol. The lowest BCUT2D eigenvalue weighted by Crippen LogP contribution is -2.32. The van der Waals surface area contributed by atoms with Gasteiger partial charge < -0.3 is 0 Å². The van der Waals surface area contributed by atoms with Crippen molar-refractivity contribution in [2.45, 2.75) is 26.7 Å². The Bertz CT molecular complexity index is 909. The van der Waals surface area contributed by atoms with E-state index in [1.165, 1.54) is 11.3 Å². The van der Waals surface area contributed by atoms with Crippen LogP contribution in [-0.4, -0.2) is 22.6 Å². The molecule has 0 fully saturated rings. The summed E-state index contributed by atoms with van der Waals surface area (Å²) in [4.78, 5) is 14.7. The van der Waals surface area contributed by atoms with Crippen molar-refractivity contribution in [2.75, 3.05) is 11.4 Å². The third kappa shape index (κ3) is 4.11. The molecule has 3 rings (SSSR count). The zero-order valence-corrected chi connectivity index (χ0v) is 16.3. The molecule has 134 valence electrons. The van der Waals surface area contributed by atoms with Crippen molar-refractivity contribution in [1.82, 2.24) is 10.2 Å². The Morgan fingerprint density at radius 2 is 1.96 bits per heavy atom. The monoisotopic (exact) mass is 385 g/mol. The summed E-state index contributed by atoms with van der Waals surface area (Å²) >= 11 is 7.64. The van der Waals surface area contributed by atoms with Crippen LogP contribution < -0.4 is 4.90 Å². The molecule has 26 heavy (non-hydrogen) atoms. The van der Waals surface area contributed by atoms with Gasteiger partial charge in [0.15, 0.2) is 0 Å². The van der Waals surface area contributed by atoms with Gasteiger partial charge in [-0.3, -0.25) is 9.69 Å². The molecule has 3 aromatic rings. The minimum Gasteiger partial charge on any atom is -0.283 e. The molecule has 0 radical (unpaired) electrons. The number of carbonyl (C=O) groups excluding carboxylic acids is 1. The minimum atomic E-state index is -0.143. The number of halogens is 1. The lowest BCUT2D eigenvalue weighted by atomic mass is 10.1. The highest BCUT2D eigenvalue weighted by Gasteiger charge is 2.23. The number of anilines is 1. The van der Waals surface area contributed by atoms with E-state index in [9.17, 15) is 4.79 Å². The van der Waals surface area contributed by atoms with E-state index in [4.69, 9.17) is 11.6 Å². The van der Waals surface area contributed by atoms with Crippen molar-refractivity contribution in [3.8, 4) is 10.6 Å². The summed E-state index contributed by atoms with van der Waals surface area (Å²) < 4.78 is 0. The average Bonchev–Trinajstić information content (AvgIpc) is 3.12. The van der Waals surface area contributed by atoms with Gasteiger partial charge in [-0.2, -0.15) is 0 Å². The summed E-state index contributed by atoms with van der Waals surface area (Å²) in [5, 5.41) is 10.4. The first-order valence-electron chi connectivity index (χ1n) is 8.57. The summed E-state index contributed by atoms with van der Waals surface area (Å²) in [7, 11) is 0. The van der Waals surface area contributed by atoms with Crippen molar-refractivity contribution in [1.29, 1.82) is 0 Å². The molecule has 0 N–H and O–H groups in total. The third-order valence-corrected chi connectivity index (χ3v) is 5.32. The number of carbonyl (C=O) groups is 1. The molecule has 0 saturated heterocycles. The van der Waals surface area contributed by atoms with E-state index in [1.54, 1.807) is 17.0 Å². The van der Waals surface area contributed by atoms with Gasteiger partial charge in [0.2, 0.25) is 5.13 Å². The van der Waals surface area contributed by atoms with Gasteiger partial charge in [0.05, 0.1) is 10.6 Å². The van der Waals surface area contributed by atoms with Gasteiger partial charge in [-0.25, -0.2) is 0 Å². The smallest absolute Gasteiger partial charge is 0.261 e. The van der Waals surface area contributed by atoms with Gasteiger partial charge in [0.25, 0.3) is 5.91 Å². The lowest BCUT2D eigenvalue weighted by molar-refractivity contribution is 0.0986. The van der Waals surface area contributed by atoms with Crippen LogP contribution in [0.2, 0.25) is 5.02 Å². The predicted octanol–water partition coefficient (Wildman–Crippen LogP) is 5.61. The number of rotatable bonds is 6. The van der Waals surface area contributed by atoms with E-state index in [0.29, 0.717) is 22.3 Å². The fourth-order valence-corrected chi connectivity index (χ4v) is 3.68. The van der Waals surface area contributed by atoms with Crippen LogP contribution in [0.1, 0.15) is 35.7 Å². The first-order chi connectivity index (χ1) is 12.6. The molecule has 1 amide bonds. The fraction of sp³-hybridized carbons (Fsp3) is 0.250. The van der Waals surface area contributed by atoms with Gasteiger partial charge >= 0.3 is 0 Å². The van der Waals surface area contributed by atoms with Crippen LogP contribution in [0.5, 0.6) is 0 Å². The first kappa shape index (κ1) is 18.5. The fourth-order valence-electron chi connectivity index (χ4n) is 2.60. The van der Waals surface area contributed by atoms with E-state index in [2.05, 4.69) is 23.2 Å². The summed E-state index contributed by atoms with van der Waals surface area (Å²) in [6.07, 6.45) is 1.87. The number of aromatic nitrogens is 2. The predicted molar refractivity (Wildman–Crippen MR) is 108 cm³/mol. The van der Waals surface area contributed by atoms with Gasteiger partial charge in [-0.15, -0.1) is 10.2 Å². The van der Waals surface area contributed by atoms with Crippen LogP contribution in [0.4, 0.5) is 5.13 Å². The largest absolute Gasteiger partial charge is 0.283 e. The Kier molecular flexibility index (Phi) is 6.01. The summed E-state index contributed by atoms with van der Waals surface area (Å²) in [6.45, 7) is 4.72. The molecule has 4 nitrogen and oxygen atoms in total. The van der Waals surface area contributed by atoms with E-state index in [1.807, 2.05) is 37.3 Å². The quantitative estimate of drug-likeness (QED) is 0.553. The summed E-state index contributed by atoms with van der Waals surface area (Å²) in [5.41, 5.74) is 2.65. The molecular weight excluding hydrogens is 366 g/mol. The van der Waals surface area contributed by atoms with Gasteiger partial charge in [-0.1, -0.05) is 72.2 Å². The van der Waals surface area contributed by atoms with Crippen LogP contribution in [0, 0.1) is 6.92 Å². The maximum absolute atomic E-state index is 13.1. The van der Waals surface area contributed by atoms with Crippen LogP contribution >= 0.6 is 22.9 Å². The van der Waals surface area contributed by atoms with Crippen LogP contribution in [0.25, 0.3) is 10.6 Å². The number of aryl methyl sites for hydroxylation is 1. The molecule has 2 aromatic carbocycles. The van der Waals surface area contributed by atoms with E-state index in [-0.39, 0.29) is 5.91 Å². The Hall–Kier alpha value is -2.24. The molecular formula is C20H20ClN3OS. The molecule has 0 bridgehead atoms. The van der Waals surface area contributed by atoms with E-state index >= 15 is 0 Å². The highest BCUT2D eigenvalue weighted by molar-refractivity contribution is 7.18. The topological polar surface area (TPSA) is 46.1 Å². The second kappa shape index (κ2) is 8.43. The number of hydrogen-bond donors (Lipinski definition) is 0. The molecule has 0 unspecified atom stereocenters. The lowest BCUT2D eigenvalue weighted by Gasteiger charge is -2.19. The number of amides is 1. The maximum atomic E-state index is 13.1. The van der Waals surface area contributed by atoms with Gasteiger partial charge in [-0.05, 0) is 31.5 Å². The Morgan fingerprint density at radius 1 is 1.15 bits per heavy atom. The van der Waals surface area contributed by atoms with E-state index < -0.39 is 0 Å². The zero-order chi connectivity index (χ0) is 18.5. The van der Waals surface area contributed by atoms with E-state index in [0.717, 1.165) is 29.0 Å².